The van der Waals surface area contributed by atoms with E-state index in [1.54, 1.807) is 0 Å². The molecule has 0 heterocycles. The number of hydrogen-bond donors (Lipinski definition) is 0. The largest absolute Gasteiger partial charge is 0.299 e. The molecule has 0 bridgehead atoms. The van der Waals surface area contributed by atoms with Crippen molar-refractivity contribution >= 4 is 5.78 Å². The van der Waals surface area contributed by atoms with Gasteiger partial charge in [0.05, 0.1) is 0 Å². The summed E-state index contributed by atoms with van der Waals surface area (Å²) in [5, 5.41) is 0. The van der Waals surface area contributed by atoms with Gasteiger partial charge in [-0.25, -0.2) is 0 Å². The van der Waals surface area contributed by atoms with Crippen molar-refractivity contribution in [3.63, 3.8) is 0 Å². The topological polar surface area (TPSA) is 17.1 Å². The van der Waals surface area contributed by atoms with E-state index >= 15 is 0 Å². The molecule has 1 heteroatoms. The molecule has 2 atom stereocenters. The molecule has 0 aromatic rings. The predicted molar refractivity (Wildman–Crippen MR) is 45.0 cm³/mol. The lowest BCUT2D eigenvalue weighted by Gasteiger charge is -1.94. The third-order valence-corrected chi connectivity index (χ3v) is 2.27. The summed E-state index contributed by atoms with van der Waals surface area (Å²) in [5.74, 6) is 3.99. The number of rotatable bonds is 4. The summed E-state index contributed by atoms with van der Waals surface area (Å²) in [6, 6.07) is 0. The maximum Gasteiger partial charge on any atom is 0.136 e. The van der Waals surface area contributed by atoms with Crippen LogP contribution in [0.1, 0.15) is 32.6 Å². The van der Waals surface area contributed by atoms with E-state index in [4.69, 9.17) is 6.42 Å². The van der Waals surface area contributed by atoms with Gasteiger partial charge in [0.2, 0.25) is 0 Å². The number of unbranched alkanes of at least 4 members (excludes halogenated alkanes) is 1. The summed E-state index contributed by atoms with van der Waals surface area (Å²) in [5.41, 5.74) is 0. The molecule has 1 aliphatic carbocycles. The Kier molecular flexibility index (Phi) is 2.70. The van der Waals surface area contributed by atoms with Gasteiger partial charge in [-0.1, -0.05) is 6.92 Å². The second kappa shape index (κ2) is 3.57. The molecule has 11 heavy (non-hydrogen) atoms. The molecule has 0 aliphatic heterocycles. The van der Waals surface area contributed by atoms with Crippen LogP contribution in [0.3, 0.4) is 0 Å². The summed E-state index contributed by atoms with van der Waals surface area (Å²) < 4.78 is 0. The number of terminal acetylenes is 1. The van der Waals surface area contributed by atoms with Gasteiger partial charge in [-0.05, 0) is 18.8 Å². The third kappa shape index (κ3) is 2.38. The standard InChI is InChI=1S/C10H14O/c1-3-4-5-6-10(11)9-7-8(9)2/h1,8-9H,4-7H2,2H3. The van der Waals surface area contributed by atoms with Crippen molar-refractivity contribution in [1.29, 1.82) is 0 Å². The highest BCUT2D eigenvalue weighted by Crippen LogP contribution is 2.39. The number of Topliss-reactive ketones (excluding diaryl/α,β-unsaturated/α-hetero) is 1. The van der Waals surface area contributed by atoms with Crippen molar-refractivity contribution < 1.29 is 4.79 Å². The van der Waals surface area contributed by atoms with E-state index in [0.717, 1.165) is 19.3 Å². The lowest BCUT2D eigenvalue weighted by Crippen LogP contribution is -2.00. The van der Waals surface area contributed by atoms with Crippen LogP contribution in [0.25, 0.3) is 0 Å². The number of carbonyl (C=O) groups excluding carboxylic acids is 1. The lowest BCUT2D eigenvalue weighted by atomic mass is 10.1. The highest BCUT2D eigenvalue weighted by Gasteiger charge is 2.37. The molecule has 1 rings (SSSR count). The van der Waals surface area contributed by atoms with Gasteiger partial charge in [-0.3, -0.25) is 4.79 Å². The molecule has 0 spiro atoms. The van der Waals surface area contributed by atoms with Gasteiger partial charge >= 0.3 is 0 Å². The van der Waals surface area contributed by atoms with E-state index in [1.165, 1.54) is 0 Å². The molecular weight excluding hydrogens is 136 g/mol. The van der Waals surface area contributed by atoms with Crippen molar-refractivity contribution in [2.75, 3.05) is 0 Å². The summed E-state index contributed by atoms with van der Waals surface area (Å²) >= 11 is 0. The molecule has 1 fully saturated rings. The summed E-state index contributed by atoms with van der Waals surface area (Å²) in [6.45, 7) is 2.13. The Hall–Kier alpha value is -0.770. The van der Waals surface area contributed by atoms with Crippen molar-refractivity contribution in [2.24, 2.45) is 11.8 Å². The minimum absolute atomic E-state index is 0.382. The van der Waals surface area contributed by atoms with Gasteiger partial charge < -0.3 is 0 Å². The number of carbonyl (C=O) groups is 1. The highest BCUT2D eigenvalue weighted by molar-refractivity contribution is 5.83. The summed E-state index contributed by atoms with van der Waals surface area (Å²) in [7, 11) is 0. The lowest BCUT2D eigenvalue weighted by molar-refractivity contribution is -0.120. The molecule has 0 amide bonds. The fraction of sp³-hybridized carbons (Fsp3) is 0.700. The van der Waals surface area contributed by atoms with Crippen LogP contribution >= 0.6 is 0 Å². The minimum Gasteiger partial charge on any atom is -0.299 e. The molecule has 0 saturated heterocycles. The molecule has 0 aromatic carbocycles. The SMILES string of the molecule is C#CCCCC(=O)C1CC1C. The van der Waals surface area contributed by atoms with Crippen molar-refractivity contribution in [3.05, 3.63) is 0 Å². The Balaban J connectivity index is 2.08. The van der Waals surface area contributed by atoms with Crippen molar-refractivity contribution in [1.82, 2.24) is 0 Å². The van der Waals surface area contributed by atoms with Crippen LogP contribution in [0.15, 0.2) is 0 Å². The molecule has 2 unspecified atom stereocenters. The first-order valence-corrected chi connectivity index (χ1v) is 4.22. The van der Waals surface area contributed by atoms with Gasteiger partial charge in [0.15, 0.2) is 0 Å². The van der Waals surface area contributed by atoms with Crippen LogP contribution in [0, 0.1) is 24.2 Å². The van der Waals surface area contributed by atoms with Crippen LogP contribution in [-0.2, 0) is 4.79 Å². The van der Waals surface area contributed by atoms with E-state index in [-0.39, 0.29) is 0 Å². The summed E-state index contributed by atoms with van der Waals surface area (Å²) in [4.78, 5) is 11.2. The molecule has 1 saturated carbocycles. The van der Waals surface area contributed by atoms with Crippen LogP contribution in [0.2, 0.25) is 0 Å². The van der Waals surface area contributed by atoms with Crippen molar-refractivity contribution in [3.8, 4) is 12.3 Å². The van der Waals surface area contributed by atoms with Crippen LogP contribution < -0.4 is 0 Å². The monoisotopic (exact) mass is 150 g/mol. The Morgan fingerprint density at radius 3 is 2.82 bits per heavy atom. The molecule has 0 radical (unpaired) electrons. The fourth-order valence-electron chi connectivity index (χ4n) is 1.32. The molecule has 1 aliphatic rings. The molecule has 0 N–H and O–H groups in total. The first kappa shape index (κ1) is 8.33. The first-order chi connectivity index (χ1) is 5.25. The van der Waals surface area contributed by atoms with E-state index in [1.807, 2.05) is 0 Å². The van der Waals surface area contributed by atoms with Crippen LogP contribution in [0.4, 0.5) is 0 Å². The zero-order valence-corrected chi connectivity index (χ0v) is 6.97. The average Bonchev–Trinajstić information content (AvgIpc) is 2.67. The van der Waals surface area contributed by atoms with Crippen LogP contribution in [0.5, 0.6) is 0 Å². The number of hydrogen-bond acceptors (Lipinski definition) is 1. The van der Waals surface area contributed by atoms with E-state index in [9.17, 15) is 4.79 Å². The minimum atomic E-state index is 0.382. The predicted octanol–water partition coefficient (Wildman–Crippen LogP) is 2.01. The maximum absolute atomic E-state index is 11.2. The Bertz CT molecular complexity index is 188. The Morgan fingerprint density at radius 2 is 2.36 bits per heavy atom. The van der Waals surface area contributed by atoms with Crippen molar-refractivity contribution in [2.45, 2.75) is 32.6 Å². The molecule has 60 valence electrons. The first-order valence-electron chi connectivity index (χ1n) is 4.22. The molecule has 1 nitrogen and oxygen atoms in total. The summed E-state index contributed by atoms with van der Waals surface area (Å²) in [6.07, 6.45) is 8.49. The highest BCUT2D eigenvalue weighted by atomic mass is 16.1. The van der Waals surface area contributed by atoms with Crippen LogP contribution in [-0.4, -0.2) is 5.78 Å². The second-order valence-electron chi connectivity index (χ2n) is 3.34. The van der Waals surface area contributed by atoms with E-state index in [0.29, 0.717) is 24.0 Å². The quantitative estimate of drug-likeness (QED) is 0.442. The third-order valence-electron chi connectivity index (χ3n) is 2.27. The fourth-order valence-corrected chi connectivity index (χ4v) is 1.32. The van der Waals surface area contributed by atoms with Gasteiger partial charge in [-0.2, -0.15) is 0 Å². The number of ketones is 1. The average molecular weight is 150 g/mol. The van der Waals surface area contributed by atoms with Gasteiger partial charge in [-0.15, -0.1) is 12.3 Å². The Morgan fingerprint density at radius 1 is 1.73 bits per heavy atom. The van der Waals surface area contributed by atoms with Gasteiger partial charge in [0.25, 0.3) is 0 Å². The normalized spacial score (nSPS) is 27.6. The zero-order valence-electron chi connectivity index (χ0n) is 6.97. The van der Waals surface area contributed by atoms with Gasteiger partial charge in [0.1, 0.15) is 5.78 Å². The zero-order chi connectivity index (χ0) is 8.27. The maximum atomic E-state index is 11.2. The van der Waals surface area contributed by atoms with E-state index in [2.05, 4.69) is 12.8 Å². The smallest absolute Gasteiger partial charge is 0.136 e. The molecule has 0 aromatic heterocycles. The second-order valence-corrected chi connectivity index (χ2v) is 3.34. The Labute approximate surface area is 68.2 Å². The van der Waals surface area contributed by atoms with Gasteiger partial charge in [0, 0.05) is 18.8 Å². The van der Waals surface area contributed by atoms with E-state index < -0.39 is 0 Å². The molecular formula is C10H14O.